The van der Waals surface area contributed by atoms with Crippen LogP contribution in [0.15, 0.2) is 0 Å². The molecule has 0 aliphatic rings. The van der Waals surface area contributed by atoms with Gasteiger partial charge >= 0.3 is 0 Å². The van der Waals surface area contributed by atoms with E-state index in [0.717, 1.165) is 36.8 Å². The zero-order valence-electron chi connectivity index (χ0n) is 12.7. The lowest BCUT2D eigenvalue weighted by atomic mass is 9.91. The molecule has 1 N–H and O–H groups in total. The number of hydrogen-bond acceptors (Lipinski definition) is 4. The molecule has 0 saturated carbocycles. The highest BCUT2D eigenvalue weighted by Crippen LogP contribution is 2.25. The average molecular weight is 362 g/mol. The quantitative estimate of drug-likeness (QED) is 0.752. The van der Waals surface area contributed by atoms with Crippen LogP contribution < -0.4 is 5.32 Å². The molecule has 1 rings (SSSR count). The Bertz CT molecular complexity index is 422. The fourth-order valence-corrected chi connectivity index (χ4v) is 3.50. The van der Waals surface area contributed by atoms with Gasteiger partial charge in [-0.15, -0.1) is 5.10 Å². The van der Waals surface area contributed by atoms with Gasteiger partial charge in [0.1, 0.15) is 4.88 Å². The molecule has 1 atom stereocenters. The average Bonchev–Trinajstić information content (AvgIpc) is 2.85. The van der Waals surface area contributed by atoms with Crippen molar-refractivity contribution in [2.45, 2.75) is 52.4 Å². The molecule has 0 radical (unpaired) electrons. The van der Waals surface area contributed by atoms with Crippen molar-refractivity contribution < 1.29 is 4.79 Å². The van der Waals surface area contributed by atoms with Gasteiger partial charge < -0.3 is 5.32 Å². The third-order valence-corrected chi connectivity index (χ3v) is 4.35. The first-order chi connectivity index (χ1) is 9.40. The normalized spacial score (nSPS) is 13.2. The van der Waals surface area contributed by atoms with Crippen LogP contribution in [0.25, 0.3) is 0 Å². The van der Waals surface area contributed by atoms with Crippen molar-refractivity contribution in [3.8, 4) is 0 Å². The second kappa shape index (κ2) is 8.08. The van der Waals surface area contributed by atoms with Crippen LogP contribution in [0.3, 0.4) is 0 Å². The standard InChI is InChI=1S/C14H24BrN3OS/c1-5-6-10(7-8-15)9-16-13(19)11-12(14(2,3)4)17-18-20-11/h10H,5-9H2,1-4H3,(H,16,19). The SMILES string of the molecule is CCCC(CCBr)CNC(=O)c1snnc1C(C)(C)C. The van der Waals surface area contributed by atoms with Crippen molar-refractivity contribution in [3.63, 3.8) is 0 Å². The summed E-state index contributed by atoms with van der Waals surface area (Å²) in [6.45, 7) is 9.04. The first-order valence-corrected chi connectivity index (χ1v) is 8.96. The Balaban J connectivity index is 2.65. The van der Waals surface area contributed by atoms with Crippen molar-refractivity contribution in [2.24, 2.45) is 5.92 Å². The molecule has 0 bridgehead atoms. The Hall–Kier alpha value is -0.490. The molecule has 0 saturated heterocycles. The molecule has 0 aliphatic carbocycles. The third kappa shape index (κ3) is 5.13. The summed E-state index contributed by atoms with van der Waals surface area (Å²) in [6.07, 6.45) is 3.36. The van der Waals surface area contributed by atoms with Crippen LogP contribution in [0.5, 0.6) is 0 Å². The van der Waals surface area contributed by atoms with Crippen LogP contribution in [0.2, 0.25) is 0 Å². The van der Waals surface area contributed by atoms with Gasteiger partial charge in [-0.05, 0) is 30.3 Å². The van der Waals surface area contributed by atoms with Gasteiger partial charge in [0.15, 0.2) is 0 Å². The van der Waals surface area contributed by atoms with Gasteiger partial charge in [0.25, 0.3) is 5.91 Å². The smallest absolute Gasteiger partial charge is 0.264 e. The molecule has 1 heterocycles. The zero-order chi connectivity index (χ0) is 15.2. The summed E-state index contributed by atoms with van der Waals surface area (Å²) in [5.74, 6) is 0.489. The van der Waals surface area contributed by atoms with E-state index >= 15 is 0 Å². The van der Waals surface area contributed by atoms with Crippen molar-refractivity contribution in [1.29, 1.82) is 0 Å². The maximum absolute atomic E-state index is 12.3. The van der Waals surface area contributed by atoms with E-state index in [-0.39, 0.29) is 11.3 Å². The molecule has 1 unspecified atom stereocenters. The lowest BCUT2D eigenvalue weighted by Gasteiger charge is -2.18. The number of rotatable bonds is 7. The van der Waals surface area contributed by atoms with Crippen LogP contribution in [0, 0.1) is 5.92 Å². The molecular formula is C14H24BrN3OS. The summed E-state index contributed by atoms with van der Waals surface area (Å²) >= 11 is 4.65. The molecular weight excluding hydrogens is 338 g/mol. The minimum atomic E-state index is -0.154. The summed E-state index contributed by atoms with van der Waals surface area (Å²) in [5.41, 5.74) is 0.630. The lowest BCUT2D eigenvalue weighted by molar-refractivity contribution is 0.0947. The second-order valence-electron chi connectivity index (χ2n) is 6.04. The summed E-state index contributed by atoms with van der Waals surface area (Å²) in [5, 5.41) is 8.12. The molecule has 1 amide bonds. The fourth-order valence-electron chi connectivity index (χ4n) is 2.06. The van der Waals surface area contributed by atoms with E-state index in [2.05, 4.69) is 37.8 Å². The van der Waals surface area contributed by atoms with Gasteiger partial charge in [0, 0.05) is 17.3 Å². The predicted octanol–water partition coefficient (Wildman–Crippen LogP) is 3.77. The highest BCUT2D eigenvalue weighted by Gasteiger charge is 2.26. The predicted molar refractivity (Wildman–Crippen MR) is 87.8 cm³/mol. The number of alkyl halides is 1. The first kappa shape index (κ1) is 17.6. The van der Waals surface area contributed by atoms with Crippen LogP contribution in [-0.4, -0.2) is 27.4 Å². The van der Waals surface area contributed by atoms with Crippen LogP contribution in [0.1, 0.15) is 62.3 Å². The van der Waals surface area contributed by atoms with Crippen LogP contribution in [-0.2, 0) is 5.41 Å². The summed E-state index contributed by atoms with van der Waals surface area (Å²) < 4.78 is 3.93. The molecule has 20 heavy (non-hydrogen) atoms. The number of amides is 1. The molecule has 0 spiro atoms. The number of aromatic nitrogens is 2. The number of hydrogen-bond donors (Lipinski definition) is 1. The van der Waals surface area contributed by atoms with Crippen molar-refractivity contribution >= 4 is 33.4 Å². The van der Waals surface area contributed by atoms with Crippen molar-refractivity contribution in [3.05, 3.63) is 10.6 Å². The fraction of sp³-hybridized carbons (Fsp3) is 0.786. The van der Waals surface area contributed by atoms with Gasteiger partial charge in [-0.25, -0.2) is 0 Å². The van der Waals surface area contributed by atoms with Crippen LogP contribution >= 0.6 is 27.5 Å². The number of halogens is 1. The highest BCUT2D eigenvalue weighted by atomic mass is 79.9. The molecule has 4 nitrogen and oxygen atoms in total. The Morgan fingerprint density at radius 1 is 1.40 bits per heavy atom. The molecule has 114 valence electrons. The molecule has 0 aliphatic heterocycles. The number of nitrogens with one attached hydrogen (secondary N) is 1. The topological polar surface area (TPSA) is 54.9 Å². The molecule has 0 aromatic carbocycles. The number of nitrogens with zero attached hydrogens (tertiary/aromatic N) is 2. The molecule has 1 aromatic heterocycles. The summed E-state index contributed by atoms with van der Waals surface area (Å²) in [6, 6.07) is 0. The Morgan fingerprint density at radius 2 is 2.10 bits per heavy atom. The Kier molecular flexibility index (Phi) is 7.09. The van der Waals surface area contributed by atoms with Gasteiger partial charge in [0.05, 0.1) is 5.69 Å². The van der Waals surface area contributed by atoms with Gasteiger partial charge in [-0.3, -0.25) is 4.79 Å². The largest absolute Gasteiger partial charge is 0.351 e. The Labute approximate surface area is 134 Å². The van der Waals surface area contributed by atoms with Crippen molar-refractivity contribution in [1.82, 2.24) is 14.9 Å². The van der Waals surface area contributed by atoms with Gasteiger partial charge in [0.2, 0.25) is 0 Å². The van der Waals surface area contributed by atoms with E-state index in [9.17, 15) is 4.79 Å². The highest BCUT2D eigenvalue weighted by molar-refractivity contribution is 9.09. The van der Waals surface area contributed by atoms with Gasteiger partial charge in [-0.1, -0.05) is 54.5 Å². The van der Waals surface area contributed by atoms with E-state index in [1.54, 1.807) is 0 Å². The molecule has 1 aromatic rings. The van der Waals surface area contributed by atoms with E-state index in [4.69, 9.17) is 0 Å². The monoisotopic (exact) mass is 361 g/mol. The number of carbonyl (C=O) groups is 1. The summed E-state index contributed by atoms with van der Waals surface area (Å²) in [7, 11) is 0. The maximum Gasteiger partial charge on any atom is 0.264 e. The van der Waals surface area contributed by atoms with Gasteiger partial charge in [-0.2, -0.15) is 0 Å². The lowest BCUT2D eigenvalue weighted by Crippen LogP contribution is -2.31. The molecule has 0 fully saturated rings. The molecule has 6 heteroatoms. The Morgan fingerprint density at radius 3 is 2.65 bits per heavy atom. The summed E-state index contributed by atoms with van der Waals surface area (Å²) in [4.78, 5) is 12.9. The van der Waals surface area contributed by atoms with Crippen molar-refractivity contribution in [2.75, 3.05) is 11.9 Å². The van der Waals surface area contributed by atoms with E-state index in [1.807, 2.05) is 20.8 Å². The zero-order valence-corrected chi connectivity index (χ0v) is 15.1. The van der Waals surface area contributed by atoms with E-state index in [1.165, 1.54) is 11.5 Å². The van der Waals surface area contributed by atoms with Crippen LogP contribution in [0.4, 0.5) is 0 Å². The number of carbonyl (C=O) groups excluding carboxylic acids is 1. The minimum Gasteiger partial charge on any atom is -0.351 e. The van der Waals surface area contributed by atoms with E-state index in [0.29, 0.717) is 10.8 Å². The third-order valence-electron chi connectivity index (χ3n) is 3.17. The van der Waals surface area contributed by atoms with E-state index < -0.39 is 0 Å². The maximum atomic E-state index is 12.3. The minimum absolute atomic E-state index is 0.0411. The first-order valence-electron chi connectivity index (χ1n) is 7.07. The second-order valence-corrected chi connectivity index (χ2v) is 7.59.